The lowest BCUT2D eigenvalue weighted by molar-refractivity contribution is 0.633. The van der Waals surface area contributed by atoms with Crippen LogP contribution in [0.5, 0.6) is 0 Å². The third kappa shape index (κ3) is 1.01. The standard InChI is InChI=1S/C10H5F2N3O/c11-5-2-1-3-7-8(5)14-10(16)9-6(12)4-13-15(7)9/h1-4H,(H,14,16). The van der Waals surface area contributed by atoms with Gasteiger partial charge in [0, 0.05) is 0 Å². The van der Waals surface area contributed by atoms with Gasteiger partial charge >= 0.3 is 0 Å². The van der Waals surface area contributed by atoms with Gasteiger partial charge in [0.1, 0.15) is 11.3 Å². The molecule has 2 aromatic heterocycles. The van der Waals surface area contributed by atoms with Crippen LogP contribution >= 0.6 is 0 Å². The first kappa shape index (κ1) is 9.02. The molecule has 80 valence electrons. The highest BCUT2D eigenvalue weighted by molar-refractivity contribution is 5.78. The van der Waals surface area contributed by atoms with Gasteiger partial charge in [-0.2, -0.15) is 5.10 Å². The highest BCUT2D eigenvalue weighted by atomic mass is 19.1. The number of rotatable bonds is 0. The SMILES string of the molecule is O=c1[nH]c2c(F)cccc2n2ncc(F)c12. The second-order valence-electron chi connectivity index (χ2n) is 3.34. The Morgan fingerprint density at radius 3 is 2.88 bits per heavy atom. The lowest BCUT2D eigenvalue weighted by Crippen LogP contribution is -2.12. The van der Waals surface area contributed by atoms with E-state index in [1.165, 1.54) is 12.1 Å². The van der Waals surface area contributed by atoms with Crippen molar-refractivity contribution in [3.8, 4) is 0 Å². The molecule has 6 heteroatoms. The fraction of sp³-hybridized carbons (Fsp3) is 0. The molecule has 0 radical (unpaired) electrons. The minimum Gasteiger partial charge on any atom is -0.316 e. The lowest BCUT2D eigenvalue weighted by atomic mass is 10.3. The molecule has 1 N–H and O–H groups in total. The van der Waals surface area contributed by atoms with Gasteiger partial charge in [-0.1, -0.05) is 6.07 Å². The van der Waals surface area contributed by atoms with Crippen LogP contribution in [0.3, 0.4) is 0 Å². The fourth-order valence-electron chi connectivity index (χ4n) is 1.70. The number of nitrogens with zero attached hydrogens (tertiary/aromatic N) is 2. The molecule has 0 aliphatic heterocycles. The second-order valence-corrected chi connectivity index (χ2v) is 3.34. The largest absolute Gasteiger partial charge is 0.316 e. The third-order valence-electron chi connectivity index (χ3n) is 2.40. The molecule has 0 aliphatic rings. The molecule has 0 aliphatic carbocycles. The predicted octanol–water partition coefficient (Wildman–Crippen LogP) is 1.45. The van der Waals surface area contributed by atoms with Crippen molar-refractivity contribution >= 4 is 16.6 Å². The molecule has 1 aromatic carbocycles. The average molecular weight is 221 g/mol. The number of aromatic nitrogens is 3. The Balaban J connectivity index is 2.71. The van der Waals surface area contributed by atoms with Gasteiger partial charge in [-0.15, -0.1) is 0 Å². The maximum absolute atomic E-state index is 13.4. The van der Waals surface area contributed by atoms with Crippen LogP contribution in [0.1, 0.15) is 0 Å². The highest BCUT2D eigenvalue weighted by Gasteiger charge is 2.12. The van der Waals surface area contributed by atoms with Gasteiger partial charge in [0.2, 0.25) is 0 Å². The summed E-state index contributed by atoms with van der Waals surface area (Å²) in [6.45, 7) is 0. The van der Waals surface area contributed by atoms with E-state index in [4.69, 9.17) is 0 Å². The van der Waals surface area contributed by atoms with E-state index < -0.39 is 17.2 Å². The first-order valence-corrected chi connectivity index (χ1v) is 4.52. The molecule has 0 amide bonds. The van der Waals surface area contributed by atoms with Crippen LogP contribution in [-0.2, 0) is 0 Å². The molecule has 0 bridgehead atoms. The van der Waals surface area contributed by atoms with Crippen molar-refractivity contribution in [3.05, 3.63) is 46.4 Å². The van der Waals surface area contributed by atoms with Gasteiger partial charge in [-0.05, 0) is 12.1 Å². The van der Waals surface area contributed by atoms with E-state index in [2.05, 4.69) is 10.1 Å². The Morgan fingerprint density at radius 2 is 2.06 bits per heavy atom. The summed E-state index contributed by atoms with van der Waals surface area (Å²) >= 11 is 0. The van der Waals surface area contributed by atoms with E-state index in [-0.39, 0.29) is 11.0 Å². The fourth-order valence-corrected chi connectivity index (χ4v) is 1.70. The molecule has 0 saturated heterocycles. The summed E-state index contributed by atoms with van der Waals surface area (Å²) in [5.74, 6) is -1.31. The van der Waals surface area contributed by atoms with Crippen LogP contribution < -0.4 is 5.56 Å². The van der Waals surface area contributed by atoms with Crippen molar-refractivity contribution in [1.29, 1.82) is 0 Å². The van der Waals surface area contributed by atoms with Crippen molar-refractivity contribution < 1.29 is 8.78 Å². The maximum Gasteiger partial charge on any atom is 0.277 e. The Hall–Kier alpha value is -2.24. The summed E-state index contributed by atoms with van der Waals surface area (Å²) < 4.78 is 27.7. The van der Waals surface area contributed by atoms with Crippen molar-refractivity contribution in [2.45, 2.75) is 0 Å². The van der Waals surface area contributed by atoms with Gasteiger partial charge in [-0.3, -0.25) is 4.79 Å². The van der Waals surface area contributed by atoms with Gasteiger partial charge in [0.05, 0.1) is 11.7 Å². The van der Waals surface area contributed by atoms with E-state index in [1.54, 1.807) is 6.07 Å². The topological polar surface area (TPSA) is 50.2 Å². The number of nitrogens with one attached hydrogen (secondary N) is 1. The number of hydrogen-bond acceptors (Lipinski definition) is 2. The van der Waals surface area contributed by atoms with Gasteiger partial charge in [0.15, 0.2) is 11.3 Å². The van der Waals surface area contributed by atoms with Crippen LogP contribution in [0.15, 0.2) is 29.2 Å². The molecular weight excluding hydrogens is 216 g/mol. The van der Waals surface area contributed by atoms with Gasteiger partial charge in [-0.25, -0.2) is 13.3 Å². The molecule has 0 fully saturated rings. The molecular formula is C10H5F2N3O. The molecule has 4 nitrogen and oxygen atoms in total. The van der Waals surface area contributed by atoms with Gasteiger partial charge in [0.25, 0.3) is 5.56 Å². The van der Waals surface area contributed by atoms with Crippen LogP contribution in [0.4, 0.5) is 8.78 Å². The second kappa shape index (κ2) is 2.88. The number of aromatic amines is 1. The van der Waals surface area contributed by atoms with E-state index in [1.807, 2.05) is 0 Å². The minimum atomic E-state index is -0.729. The summed E-state index contributed by atoms with van der Waals surface area (Å²) in [6.07, 6.45) is 0.926. The van der Waals surface area contributed by atoms with Crippen LogP contribution in [0.25, 0.3) is 16.6 Å². The number of benzene rings is 1. The lowest BCUT2D eigenvalue weighted by Gasteiger charge is -2.01. The zero-order chi connectivity index (χ0) is 11.3. The molecule has 0 atom stereocenters. The average Bonchev–Trinajstić information content (AvgIpc) is 2.64. The van der Waals surface area contributed by atoms with Crippen LogP contribution in [-0.4, -0.2) is 14.6 Å². The number of para-hydroxylation sites is 1. The van der Waals surface area contributed by atoms with Crippen molar-refractivity contribution in [2.24, 2.45) is 0 Å². The zero-order valence-electron chi connectivity index (χ0n) is 7.87. The molecule has 0 saturated carbocycles. The van der Waals surface area contributed by atoms with Crippen LogP contribution in [0.2, 0.25) is 0 Å². The maximum atomic E-state index is 13.4. The molecule has 0 unspecified atom stereocenters. The highest BCUT2D eigenvalue weighted by Crippen LogP contribution is 2.15. The number of H-pyrrole nitrogens is 1. The van der Waals surface area contributed by atoms with Crippen molar-refractivity contribution in [1.82, 2.24) is 14.6 Å². The number of hydrogen-bond donors (Lipinski definition) is 1. The molecule has 16 heavy (non-hydrogen) atoms. The molecule has 2 heterocycles. The van der Waals surface area contributed by atoms with Crippen molar-refractivity contribution in [3.63, 3.8) is 0 Å². The molecule has 3 aromatic rings. The summed E-state index contributed by atoms with van der Waals surface area (Å²) in [7, 11) is 0. The monoisotopic (exact) mass is 221 g/mol. The van der Waals surface area contributed by atoms with E-state index in [0.717, 1.165) is 10.7 Å². The molecule has 0 spiro atoms. The Labute approximate surface area is 87.1 Å². The summed E-state index contributed by atoms with van der Waals surface area (Å²) in [5, 5.41) is 3.70. The van der Waals surface area contributed by atoms with E-state index >= 15 is 0 Å². The summed E-state index contributed by atoms with van der Waals surface area (Å²) in [5.41, 5.74) is -0.577. The summed E-state index contributed by atoms with van der Waals surface area (Å²) in [4.78, 5) is 13.8. The third-order valence-corrected chi connectivity index (χ3v) is 2.40. The molecule has 3 rings (SSSR count). The minimum absolute atomic E-state index is 0.0168. The smallest absolute Gasteiger partial charge is 0.277 e. The Morgan fingerprint density at radius 1 is 1.25 bits per heavy atom. The Bertz CT molecular complexity index is 760. The van der Waals surface area contributed by atoms with E-state index in [0.29, 0.717) is 5.52 Å². The first-order valence-electron chi connectivity index (χ1n) is 4.52. The number of halogens is 2. The van der Waals surface area contributed by atoms with E-state index in [9.17, 15) is 13.6 Å². The van der Waals surface area contributed by atoms with Gasteiger partial charge < -0.3 is 4.98 Å². The predicted molar refractivity (Wildman–Crippen MR) is 53.2 cm³/mol. The van der Waals surface area contributed by atoms with Crippen molar-refractivity contribution in [2.75, 3.05) is 0 Å². The first-order chi connectivity index (χ1) is 7.68. The quantitative estimate of drug-likeness (QED) is 0.624. The van der Waals surface area contributed by atoms with Crippen LogP contribution in [0, 0.1) is 11.6 Å². The summed E-state index contributed by atoms with van der Waals surface area (Å²) in [6, 6.07) is 4.23. The number of fused-ring (bicyclic) bond motifs is 3. The zero-order valence-corrected chi connectivity index (χ0v) is 7.87. The Kier molecular flexibility index (Phi) is 1.62. The normalized spacial score (nSPS) is 11.4.